The van der Waals surface area contributed by atoms with Crippen LogP contribution in [0, 0.1) is 5.92 Å². The molecule has 0 aromatic carbocycles. The molecule has 0 fully saturated rings. The van der Waals surface area contributed by atoms with Gasteiger partial charge in [0.05, 0.1) is 46.2 Å². The number of hydrogen-bond acceptors (Lipinski definition) is 6. The number of ether oxygens (including phenoxy) is 4. The summed E-state index contributed by atoms with van der Waals surface area (Å²) in [7, 11) is 0. The Hall–Kier alpha value is -0.530. The average molecular weight is 333 g/mol. The molecule has 138 valence electrons. The smallest absolute Gasteiger partial charge is 0.160 e. The van der Waals surface area contributed by atoms with Gasteiger partial charge >= 0.3 is 0 Å². The molecule has 6 nitrogen and oxygen atoms in total. The highest BCUT2D eigenvalue weighted by molar-refractivity contribution is 5.81. The standard InChI is InChI=1S/C17H35NO5/c1-15(2)16(19)14-23-13-12-22-11-10-21-9-8-20-7-6-18-17(3,4)5/h15,18H,6-14H2,1-5H3. The zero-order chi connectivity index (χ0) is 17.6. The minimum absolute atomic E-state index is 0.0239. The molecular weight excluding hydrogens is 298 g/mol. The third-order valence-electron chi connectivity index (χ3n) is 2.91. The number of nitrogens with one attached hydrogen (secondary N) is 1. The third kappa shape index (κ3) is 17.7. The van der Waals surface area contributed by atoms with Crippen LogP contribution in [0.25, 0.3) is 0 Å². The lowest BCUT2D eigenvalue weighted by Gasteiger charge is -2.20. The van der Waals surface area contributed by atoms with Crippen molar-refractivity contribution in [1.82, 2.24) is 5.32 Å². The van der Waals surface area contributed by atoms with Crippen molar-refractivity contribution < 1.29 is 23.7 Å². The lowest BCUT2D eigenvalue weighted by molar-refractivity contribution is -0.127. The van der Waals surface area contributed by atoms with E-state index in [0.29, 0.717) is 46.2 Å². The van der Waals surface area contributed by atoms with Crippen molar-refractivity contribution in [2.75, 3.05) is 59.4 Å². The first-order valence-electron chi connectivity index (χ1n) is 8.41. The first-order chi connectivity index (χ1) is 10.8. The summed E-state index contributed by atoms with van der Waals surface area (Å²) in [5, 5.41) is 3.35. The van der Waals surface area contributed by atoms with Crippen LogP contribution in [0.2, 0.25) is 0 Å². The first-order valence-corrected chi connectivity index (χ1v) is 8.41. The highest BCUT2D eigenvalue weighted by atomic mass is 16.6. The molecule has 0 radical (unpaired) electrons. The Labute approximate surface area is 141 Å². The summed E-state index contributed by atoms with van der Waals surface area (Å²) in [6.07, 6.45) is 0. The van der Waals surface area contributed by atoms with Crippen LogP contribution in [0.4, 0.5) is 0 Å². The van der Waals surface area contributed by atoms with Crippen molar-refractivity contribution in [1.29, 1.82) is 0 Å². The van der Waals surface area contributed by atoms with Gasteiger partial charge in [0, 0.05) is 18.0 Å². The minimum Gasteiger partial charge on any atom is -0.378 e. The Bertz CT molecular complexity index is 289. The molecule has 0 saturated carbocycles. The molecule has 0 unspecified atom stereocenters. The zero-order valence-electron chi connectivity index (χ0n) is 15.5. The van der Waals surface area contributed by atoms with Gasteiger partial charge in [-0.05, 0) is 20.8 Å². The first kappa shape index (κ1) is 22.5. The Morgan fingerprint density at radius 1 is 0.826 bits per heavy atom. The minimum atomic E-state index is 0.0239. The summed E-state index contributed by atoms with van der Waals surface area (Å²) in [4.78, 5) is 11.3. The SMILES string of the molecule is CC(C)C(=O)COCCOCCOCCOCCNC(C)(C)C. The maximum atomic E-state index is 11.3. The number of carbonyl (C=O) groups excluding carboxylic acids is 1. The van der Waals surface area contributed by atoms with E-state index in [4.69, 9.17) is 18.9 Å². The molecule has 0 aromatic rings. The number of carbonyl (C=O) groups is 1. The van der Waals surface area contributed by atoms with E-state index in [-0.39, 0.29) is 23.8 Å². The molecule has 6 heteroatoms. The maximum absolute atomic E-state index is 11.3. The van der Waals surface area contributed by atoms with Crippen LogP contribution in [0.3, 0.4) is 0 Å². The molecule has 0 bridgehead atoms. The molecule has 0 aliphatic heterocycles. The van der Waals surface area contributed by atoms with Gasteiger partial charge in [0.15, 0.2) is 5.78 Å². The summed E-state index contributed by atoms with van der Waals surface area (Å²) >= 11 is 0. The quantitative estimate of drug-likeness (QED) is 0.460. The van der Waals surface area contributed by atoms with Gasteiger partial charge in [0.2, 0.25) is 0 Å². The Balaban J connectivity index is 3.12. The van der Waals surface area contributed by atoms with E-state index in [2.05, 4.69) is 26.1 Å². The predicted octanol–water partition coefficient (Wildman–Crippen LogP) is 1.67. The summed E-state index contributed by atoms with van der Waals surface area (Å²) in [5.74, 6) is 0.141. The fourth-order valence-electron chi connectivity index (χ4n) is 1.50. The predicted molar refractivity (Wildman–Crippen MR) is 90.9 cm³/mol. The molecular formula is C17H35NO5. The number of Topliss-reactive ketones (excluding diaryl/α,β-unsaturated/α-hetero) is 1. The molecule has 0 aliphatic rings. The van der Waals surface area contributed by atoms with Gasteiger partial charge in [0.1, 0.15) is 6.61 Å². The lowest BCUT2D eigenvalue weighted by Crippen LogP contribution is -2.38. The van der Waals surface area contributed by atoms with Crippen LogP contribution >= 0.6 is 0 Å². The maximum Gasteiger partial charge on any atom is 0.160 e. The van der Waals surface area contributed by atoms with E-state index in [0.717, 1.165) is 6.54 Å². The lowest BCUT2D eigenvalue weighted by atomic mass is 10.1. The van der Waals surface area contributed by atoms with Crippen LogP contribution < -0.4 is 5.32 Å². The molecule has 0 heterocycles. The fraction of sp³-hybridized carbons (Fsp3) is 0.941. The Kier molecular flexibility index (Phi) is 13.5. The van der Waals surface area contributed by atoms with Crippen molar-refractivity contribution in [3.05, 3.63) is 0 Å². The van der Waals surface area contributed by atoms with Gasteiger partial charge in [-0.2, -0.15) is 0 Å². The van der Waals surface area contributed by atoms with Crippen LogP contribution in [0.1, 0.15) is 34.6 Å². The highest BCUT2D eigenvalue weighted by Gasteiger charge is 2.07. The van der Waals surface area contributed by atoms with E-state index in [1.54, 1.807) is 0 Å². The van der Waals surface area contributed by atoms with Crippen LogP contribution in [0.5, 0.6) is 0 Å². The number of ketones is 1. The second kappa shape index (κ2) is 13.9. The van der Waals surface area contributed by atoms with Gasteiger partial charge in [-0.3, -0.25) is 4.79 Å². The normalized spacial score (nSPS) is 12.1. The summed E-state index contributed by atoms with van der Waals surface area (Å²) < 4.78 is 21.4. The molecule has 0 aromatic heterocycles. The third-order valence-corrected chi connectivity index (χ3v) is 2.91. The monoisotopic (exact) mass is 333 g/mol. The molecule has 0 rings (SSSR count). The molecule has 0 saturated heterocycles. The van der Waals surface area contributed by atoms with Crippen molar-refractivity contribution in [3.63, 3.8) is 0 Å². The van der Waals surface area contributed by atoms with E-state index in [1.165, 1.54) is 0 Å². The van der Waals surface area contributed by atoms with Gasteiger partial charge in [-0.1, -0.05) is 13.8 Å². The van der Waals surface area contributed by atoms with Crippen LogP contribution in [-0.4, -0.2) is 70.7 Å². The second-order valence-electron chi connectivity index (χ2n) is 6.69. The van der Waals surface area contributed by atoms with Crippen LogP contribution in [-0.2, 0) is 23.7 Å². The summed E-state index contributed by atoms with van der Waals surface area (Å²) in [6.45, 7) is 14.9. The topological polar surface area (TPSA) is 66.0 Å². The molecule has 0 spiro atoms. The van der Waals surface area contributed by atoms with Gasteiger partial charge in [-0.15, -0.1) is 0 Å². The molecule has 0 atom stereocenters. The van der Waals surface area contributed by atoms with Crippen LogP contribution in [0.15, 0.2) is 0 Å². The fourth-order valence-corrected chi connectivity index (χ4v) is 1.50. The van der Waals surface area contributed by atoms with Crippen molar-refractivity contribution in [2.45, 2.75) is 40.2 Å². The average Bonchev–Trinajstić information content (AvgIpc) is 2.46. The van der Waals surface area contributed by atoms with E-state index < -0.39 is 0 Å². The Morgan fingerprint density at radius 2 is 1.26 bits per heavy atom. The van der Waals surface area contributed by atoms with E-state index >= 15 is 0 Å². The summed E-state index contributed by atoms with van der Waals surface area (Å²) in [5.41, 5.74) is 0.128. The second-order valence-corrected chi connectivity index (χ2v) is 6.69. The van der Waals surface area contributed by atoms with Gasteiger partial charge in [-0.25, -0.2) is 0 Å². The molecule has 0 aliphatic carbocycles. The molecule has 1 N–H and O–H groups in total. The number of rotatable bonds is 15. The van der Waals surface area contributed by atoms with Crippen molar-refractivity contribution in [2.24, 2.45) is 5.92 Å². The zero-order valence-corrected chi connectivity index (χ0v) is 15.5. The largest absolute Gasteiger partial charge is 0.378 e. The Morgan fingerprint density at radius 3 is 1.70 bits per heavy atom. The van der Waals surface area contributed by atoms with Gasteiger partial charge in [0.25, 0.3) is 0 Å². The number of hydrogen-bond donors (Lipinski definition) is 1. The van der Waals surface area contributed by atoms with E-state index in [1.807, 2.05) is 13.8 Å². The van der Waals surface area contributed by atoms with Crippen molar-refractivity contribution >= 4 is 5.78 Å². The molecule has 23 heavy (non-hydrogen) atoms. The van der Waals surface area contributed by atoms with Crippen molar-refractivity contribution in [3.8, 4) is 0 Å². The van der Waals surface area contributed by atoms with E-state index in [9.17, 15) is 4.79 Å². The summed E-state index contributed by atoms with van der Waals surface area (Å²) in [6, 6.07) is 0. The highest BCUT2D eigenvalue weighted by Crippen LogP contribution is 1.96. The molecule has 0 amide bonds. The van der Waals surface area contributed by atoms with Gasteiger partial charge < -0.3 is 24.3 Å².